The first-order chi connectivity index (χ1) is 13.2. The summed E-state index contributed by atoms with van der Waals surface area (Å²) in [6.07, 6.45) is 0.281. The molecule has 5 nitrogen and oxygen atoms in total. The van der Waals surface area contributed by atoms with Crippen molar-refractivity contribution in [3.8, 4) is 5.75 Å². The van der Waals surface area contributed by atoms with Gasteiger partial charge in [0.2, 0.25) is 5.91 Å². The number of ether oxygens (including phenoxy) is 1. The highest BCUT2D eigenvalue weighted by Crippen LogP contribution is 2.20. The number of hydrogen-bond acceptors (Lipinski definition) is 4. The van der Waals surface area contributed by atoms with Crippen LogP contribution in [0, 0.1) is 6.92 Å². The van der Waals surface area contributed by atoms with E-state index >= 15 is 0 Å². The van der Waals surface area contributed by atoms with Crippen molar-refractivity contribution in [3.63, 3.8) is 0 Å². The highest BCUT2D eigenvalue weighted by Gasteiger charge is 2.03. The first kappa shape index (κ1) is 18.3. The average Bonchev–Trinajstić information content (AvgIpc) is 2.70. The maximum absolute atomic E-state index is 12.0. The molecule has 0 atom stereocenters. The standard InChI is InChI=1S/C22H21N3O2/c1-17-7-13-21(14-8-17)27-16-15-22(26)23-18-9-11-20(12-10-18)25-24-19-5-3-2-4-6-19/h2-14H,15-16H2,1H3,(H,23,26). The topological polar surface area (TPSA) is 63.0 Å². The molecule has 0 aliphatic heterocycles. The number of benzene rings is 3. The number of azo groups is 1. The number of carbonyl (C=O) groups excluding carboxylic acids is 1. The Bertz CT molecular complexity index is 889. The minimum Gasteiger partial charge on any atom is -0.493 e. The highest BCUT2D eigenvalue weighted by molar-refractivity contribution is 5.90. The molecule has 0 unspecified atom stereocenters. The van der Waals surface area contributed by atoms with Gasteiger partial charge in [-0.1, -0.05) is 35.9 Å². The lowest BCUT2D eigenvalue weighted by atomic mass is 10.2. The van der Waals surface area contributed by atoms with E-state index in [1.54, 1.807) is 12.1 Å². The molecule has 0 spiro atoms. The van der Waals surface area contributed by atoms with Crippen molar-refractivity contribution in [3.05, 3.63) is 84.4 Å². The van der Waals surface area contributed by atoms with Crippen molar-refractivity contribution < 1.29 is 9.53 Å². The Morgan fingerprint density at radius 3 is 2.15 bits per heavy atom. The molecular formula is C22H21N3O2. The summed E-state index contributed by atoms with van der Waals surface area (Å²) in [5.74, 6) is 0.669. The minimum absolute atomic E-state index is 0.0965. The maximum atomic E-state index is 12.0. The van der Waals surface area contributed by atoms with Gasteiger partial charge in [-0.25, -0.2) is 0 Å². The van der Waals surface area contributed by atoms with Gasteiger partial charge in [-0.15, -0.1) is 0 Å². The molecule has 5 heteroatoms. The number of hydrogen-bond donors (Lipinski definition) is 1. The molecule has 0 heterocycles. The summed E-state index contributed by atoms with van der Waals surface area (Å²) < 4.78 is 5.57. The van der Waals surface area contributed by atoms with E-state index in [4.69, 9.17) is 4.74 Å². The van der Waals surface area contributed by atoms with Crippen LogP contribution in [-0.2, 0) is 4.79 Å². The van der Waals surface area contributed by atoms with Crippen molar-refractivity contribution in [1.82, 2.24) is 0 Å². The van der Waals surface area contributed by atoms with Gasteiger partial charge in [-0.3, -0.25) is 4.79 Å². The fourth-order valence-electron chi connectivity index (χ4n) is 2.34. The zero-order chi connectivity index (χ0) is 18.9. The molecule has 0 aliphatic carbocycles. The van der Waals surface area contributed by atoms with Crippen LogP contribution in [-0.4, -0.2) is 12.5 Å². The Hall–Kier alpha value is -3.47. The van der Waals surface area contributed by atoms with Crippen LogP contribution in [0.15, 0.2) is 89.1 Å². The molecule has 0 radical (unpaired) electrons. The molecule has 3 rings (SSSR count). The van der Waals surface area contributed by atoms with Crippen molar-refractivity contribution in [2.24, 2.45) is 10.2 Å². The lowest BCUT2D eigenvalue weighted by molar-refractivity contribution is -0.116. The fraction of sp³-hybridized carbons (Fsp3) is 0.136. The molecule has 0 bridgehead atoms. The molecule has 0 saturated carbocycles. The van der Waals surface area contributed by atoms with Crippen molar-refractivity contribution in [2.45, 2.75) is 13.3 Å². The van der Waals surface area contributed by atoms with Gasteiger partial charge < -0.3 is 10.1 Å². The van der Waals surface area contributed by atoms with Crippen LogP contribution in [0.2, 0.25) is 0 Å². The number of nitrogens with one attached hydrogen (secondary N) is 1. The number of nitrogens with zero attached hydrogens (tertiary/aromatic N) is 2. The average molecular weight is 359 g/mol. The van der Waals surface area contributed by atoms with E-state index in [9.17, 15) is 4.79 Å². The van der Waals surface area contributed by atoms with E-state index in [0.29, 0.717) is 12.3 Å². The second-order valence-electron chi connectivity index (χ2n) is 6.04. The summed E-state index contributed by atoms with van der Waals surface area (Å²) in [6.45, 7) is 2.35. The number of amides is 1. The van der Waals surface area contributed by atoms with E-state index in [1.807, 2.05) is 73.7 Å². The van der Waals surface area contributed by atoms with Gasteiger partial charge in [-0.05, 0) is 55.5 Å². The first-order valence-electron chi connectivity index (χ1n) is 8.75. The van der Waals surface area contributed by atoms with Gasteiger partial charge in [0.05, 0.1) is 24.4 Å². The number of rotatable bonds is 7. The Balaban J connectivity index is 1.45. The van der Waals surface area contributed by atoms with Crippen LogP contribution < -0.4 is 10.1 Å². The molecule has 0 saturated heterocycles. The van der Waals surface area contributed by atoms with Gasteiger partial charge >= 0.3 is 0 Å². The Labute approximate surface area is 158 Å². The van der Waals surface area contributed by atoms with Crippen LogP contribution in [0.5, 0.6) is 5.75 Å². The zero-order valence-corrected chi connectivity index (χ0v) is 15.1. The van der Waals surface area contributed by atoms with Crippen LogP contribution in [0.4, 0.5) is 17.1 Å². The summed E-state index contributed by atoms with van der Waals surface area (Å²) >= 11 is 0. The van der Waals surface area contributed by atoms with Crippen molar-refractivity contribution in [1.29, 1.82) is 0 Å². The minimum atomic E-state index is -0.0965. The van der Waals surface area contributed by atoms with Crippen LogP contribution >= 0.6 is 0 Å². The van der Waals surface area contributed by atoms with Gasteiger partial charge in [0, 0.05) is 5.69 Å². The first-order valence-corrected chi connectivity index (χ1v) is 8.75. The van der Waals surface area contributed by atoms with Crippen LogP contribution in [0.3, 0.4) is 0 Å². The quantitative estimate of drug-likeness (QED) is 0.540. The number of anilines is 1. The summed E-state index contributed by atoms with van der Waals surface area (Å²) in [5.41, 5.74) is 3.41. The van der Waals surface area contributed by atoms with Gasteiger partial charge in [0.15, 0.2) is 0 Å². The number of aryl methyl sites for hydroxylation is 1. The summed E-state index contributed by atoms with van der Waals surface area (Å²) in [6, 6.07) is 24.5. The number of carbonyl (C=O) groups is 1. The SMILES string of the molecule is Cc1ccc(OCCC(=O)Nc2ccc(N=Nc3ccccc3)cc2)cc1. The predicted octanol–water partition coefficient (Wildman–Crippen LogP) is 5.82. The molecular weight excluding hydrogens is 338 g/mol. The van der Waals surface area contributed by atoms with E-state index in [2.05, 4.69) is 15.5 Å². The van der Waals surface area contributed by atoms with E-state index in [1.165, 1.54) is 5.56 Å². The lowest BCUT2D eigenvalue weighted by Crippen LogP contribution is -2.15. The summed E-state index contributed by atoms with van der Waals surface area (Å²) in [5, 5.41) is 11.2. The van der Waals surface area contributed by atoms with Crippen molar-refractivity contribution >= 4 is 23.0 Å². The Morgan fingerprint density at radius 1 is 0.852 bits per heavy atom. The van der Waals surface area contributed by atoms with Gasteiger partial charge in [0.25, 0.3) is 0 Å². The third-order valence-corrected chi connectivity index (χ3v) is 3.81. The highest BCUT2D eigenvalue weighted by atomic mass is 16.5. The predicted molar refractivity (Wildman–Crippen MR) is 107 cm³/mol. The van der Waals surface area contributed by atoms with Gasteiger partial charge in [0.1, 0.15) is 5.75 Å². The monoisotopic (exact) mass is 359 g/mol. The summed E-state index contributed by atoms with van der Waals surface area (Å²) in [4.78, 5) is 12.0. The molecule has 1 amide bonds. The molecule has 0 fully saturated rings. The molecule has 0 aromatic heterocycles. The second-order valence-corrected chi connectivity index (χ2v) is 6.04. The lowest BCUT2D eigenvalue weighted by Gasteiger charge is -2.07. The molecule has 3 aromatic rings. The van der Waals surface area contributed by atoms with Crippen LogP contribution in [0.25, 0.3) is 0 Å². The van der Waals surface area contributed by atoms with Crippen molar-refractivity contribution in [2.75, 3.05) is 11.9 Å². The molecule has 0 aliphatic rings. The van der Waals surface area contributed by atoms with E-state index < -0.39 is 0 Å². The maximum Gasteiger partial charge on any atom is 0.227 e. The molecule has 3 aromatic carbocycles. The third-order valence-electron chi connectivity index (χ3n) is 3.81. The fourth-order valence-corrected chi connectivity index (χ4v) is 2.34. The van der Waals surface area contributed by atoms with Gasteiger partial charge in [-0.2, -0.15) is 10.2 Å². The summed E-state index contributed by atoms with van der Waals surface area (Å²) in [7, 11) is 0. The second kappa shape index (κ2) is 9.29. The Kier molecular flexibility index (Phi) is 6.30. The Morgan fingerprint density at radius 2 is 1.48 bits per heavy atom. The van der Waals surface area contributed by atoms with Crippen LogP contribution in [0.1, 0.15) is 12.0 Å². The van der Waals surface area contributed by atoms with E-state index in [0.717, 1.165) is 17.1 Å². The normalized spacial score (nSPS) is 10.7. The molecule has 136 valence electrons. The zero-order valence-electron chi connectivity index (χ0n) is 15.1. The largest absolute Gasteiger partial charge is 0.493 e. The third kappa shape index (κ3) is 6.08. The molecule has 27 heavy (non-hydrogen) atoms. The van der Waals surface area contributed by atoms with E-state index in [-0.39, 0.29) is 12.3 Å². The smallest absolute Gasteiger partial charge is 0.227 e. The molecule has 1 N–H and O–H groups in total.